The van der Waals surface area contributed by atoms with Crippen molar-refractivity contribution < 1.29 is 17.2 Å². The molecule has 3 nitrogen and oxygen atoms in total. The molecular weight excluding hydrogens is 296 g/mol. The van der Waals surface area contributed by atoms with Gasteiger partial charge in [0.05, 0.1) is 10.6 Å². The third-order valence-electron chi connectivity index (χ3n) is 3.12. The second-order valence-corrected chi connectivity index (χ2v) is 6.56. The van der Waals surface area contributed by atoms with E-state index in [9.17, 15) is 17.2 Å². The van der Waals surface area contributed by atoms with E-state index >= 15 is 0 Å². The molecule has 1 N–H and O–H groups in total. The maximum Gasteiger partial charge on any atom is 0.262 e. The Bertz CT molecular complexity index is 778. The summed E-state index contributed by atoms with van der Waals surface area (Å²) in [6, 6.07) is 6.37. The summed E-state index contributed by atoms with van der Waals surface area (Å²) in [4.78, 5) is 0.00452. The lowest BCUT2D eigenvalue weighted by molar-refractivity contribution is 0.597. The molecule has 0 heterocycles. The van der Waals surface area contributed by atoms with E-state index in [0.717, 1.165) is 18.2 Å². The molecule has 0 spiro atoms. The zero-order valence-electron chi connectivity index (χ0n) is 11.9. The minimum absolute atomic E-state index is 0.00452. The number of nitrogens with one attached hydrogen (secondary N) is 1. The zero-order chi connectivity index (χ0) is 15.8. The number of halogens is 2. The van der Waals surface area contributed by atoms with Gasteiger partial charge in [0.1, 0.15) is 11.6 Å². The molecule has 112 valence electrons. The van der Waals surface area contributed by atoms with Gasteiger partial charge in [-0.2, -0.15) is 0 Å². The molecule has 0 saturated heterocycles. The fourth-order valence-electron chi connectivity index (χ4n) is 2.18. The van der Waals surface area contributed by atoms with Gasteiger partial charge in [-0.05, 0) is 61.7 Å². The average molecular weight is 311 g/mol. The molecule has 0 bridgehead atoms. The predicted octanol–water partition coefficient (Wildman–Crippen LogP) is 3.69. The molecule has 2 aromatic rings. The number of anilines is 1. The van der Waals surface area contributed by atoms with Gasteiger partial charge in [-0.15, -0.1) is 0 Å². The van der Waals surface area contributed by atoms with Crippen molar-refractivity contribution in [2.75, 3.05) is 4.72 Å². The van der Waals surface area contributed by atoms with E-state index in [2.05, 4.69) is 4.72 Å². The second kappa shape index (κ2) is 5.44. The van der Waals surface area contributed by atoms with Crippen LogP contribution in [0, 0.1) is 32.4 Å². The quantitative estimate of drug-likeness (QED) is 0.939. The number of hydrogen-bond donors (Lipinski definition) is 1. The first kappa shape index (κ1) is 15.4. The average Bonchev–Trinajstić information content (AvgIpc) is 2.31. The van der Waals surface area contributed by atoms with Crippen LogP contribution in [0.2, 0.25) is 0 Å². The number of benzene rings is 2. The molecule has 0 unspecified atom stereocenters. The highest BCUT2D eigenvalue weighted by Gasteiger charge is 2.20. The Labute approximate surface area is 122 Å². The minimum Gasteiger partial charge on any atom is -0.280 e. The first-order chi connectivity index (χ1) is 9.70. The SMILES string of the molecule is Cc1ccc(NS(=O)(=O)c2c(C)cc(F)cc2C)cc1F. The van der Waals surface area contributed by atoms with Crippen LogP contribution < -0.4 is 4.72 Å². The Kier molecular flexibility index (Phi) is 4.00. The summed E-state index contributed by atoms with van der Waals surface area (Å²) in [5, 5.41) is 0. The van der Waals surface area contributed by atoms with Crippen LogP contribution in [0.4, 0.5) is 14.5 Å². The van der Waals surface area contributed by atoms with Crippen LogP contribution in [-0.2, 0) is 10.0 Å². The summed E-state index contributed by atoms with van der Waals surface area (Å²) >= 11 is 0. The van der Waals surface area contributed by atoms with Crippen molar-refractivity contribution in [1.29, 1.82) is 0 Å². The van der Waals surface area contributed by atoms with Gasteiger partial charge in [-0.25, -0.2) is 17.2 Å². The fourth-order valence-corrected chi connectivity index (χ4v) is 3.69. The Hall–Kier alpha value is -1.95. The highest BCUT2D eigenvalue weighted by atomic mass is 32.2. The molecular formula is C15H15F2NO2S. The van der Waals surface area contributed by atoms with Crippen molar-refractivity contribution >= 4 is 15.7 Å². The molecule has 0 radical (unpaired) electrons. The number of rotatable bonds is 3. The Morgan fingerprint density at radius 2 is 1.48 bits per heavy atom. The third kappa shape index (κ3) is 3.21. The van der Waals surface area contributed by atoms with Crippen molar-refractivity contribution in [1.82, 2.24) is 0 Å². The smallest absolute Gasteiger partial charge is 0.262 e. The van der Waals surface area contributed by atoms with Gasteiger partial charge >= 0.3 is 0 Å². The Morgan fingerprint density at radius 3 is 2.00 bits per heavy atom. The molecule has 0 fully saturated rings. The lowest BCUT2D eigenvalue weighted by Gasteiger charge is -2.13. The lowest BCUT2D eigenvalue weighted by atomic mass is 10.1. The Balaban J connectivity index is 2.46. The molecule has 0 aliphatic rings. The standard InChI is InChI=1S/C15H15F2NO2S/c1-9-4-5-13(8-14(9)17)18-21(19,20)15-10(2)6-12(16)7-11(15)3/h4-8,18H,1-3H3. The minimum atomic E-state index is -3.90. The van der Waals surface area contributed by atoms with Gasteiger partial charge in [0, 0.05) is 0 Å². The maximum absolute atomic E-state index is 13.5. The molecule has 2 aromatic carbocycles. The number of aryl methyl sites for hydroxylation is 3. The molecule has 0 atom stereocenters. The number of sulfonamides is 1. The molecule has 0 aliphatic carbocycles. The first-order valence-electron chi connectivity index (χ1n) is 6.26. The largest absolute Gasteiger partial charge is 0.280 e. The first-order valence-corrected chi connectivity index (χ1v) is 7.75. The van der Waals surface area contributed by atoms with Crippen molar-refractivity contribution in [2.45, 2.75) is 25.7 Å². The number of hydrogen-bond acceptors (Lipinski definition) is 2. The van der Waals surface area contributed by atoms with Gasteiger partial charge in [0.2, 0.25) is 0 Å². The summed E-state index contributed by atoms with van der Waals surface area (Å²) < 4.78 is 53.8. The van der Waals surface area contributed by atoms with Gasteiger partial charge in [-0.3, -0.25) is 4.72 Å². The highest BCUT2D eigenvalue weighted by Crippen LogP contribution is 2.24. The third-order valence-corrected chi connectivity index (χ3v) is 4.80. The highest BCUT2D eigenvalue weighted by molar-refractivity contribution is 7.92. The molecule has 0 aliphatic heterocycles. The van der Waals surface area contributed by atoms with E-state index < -0.39 is 21.7 Å². The van der Waals surface area contributed by atoms with E-state index in [4.69, 9.17) is 0 Å². The maximum atomic E-state index is 13.5. The molecule has 21 heavy (non-hydrogen) atoms. The zero-order valence-corrected chi connectivity index (χ0v) is 12.7. The van der Waals surface area contributed by atoms with Crippen molar-refractivity contribution in [3.63, 3.8) is 0 Å². The predicted molar refractivity (Wildman–Crippen MR) is 77.8 cm³/mol. The van der Waals surface area contributed by atoms with Crippen molar-refractivity contribution in [3.05, 3.63) is 58.7 Å². The topological polar surface area (TPSA) is 46.2 Å². The van der Waals surface area contributed by atoms with Gasteiger partial charge < -0.3 is 0 Å². The van der Waals surface area contributed by atoms with E-state index in [1.807, 2.05) is 0 Å². The van der Waals surface area contributed by atoms with Gasteiger partial charge in [0.25, 0.3) is 10.0 Å². The summed E-state index contributed by atoms with van der Waals surface area (Å²) in [6.07, 6.45) is 0. The van der Waals surface area contributed by atoms with E-state index in [-0.39, 0.29) is 10.6 Å². The van der Waals surface area contributed by atoms with Crippen molar-refractivity contribution in [3.8, 4) is 0 Å². The summed E-state index contributed by atoms with van der Waals surface area (Å²) in [7, 11) is -3.90. The summed E-state index contributed by atoms with van der Waals surface area (Å²) in [5.41, 5.74) is 1.15. The molecule has 6 heteroatoms. The molecule has 0 aromatic heterocycles. The van der Waals surface area contributed by atoms with E-state index in [1.54, 1.807) is 6.92 Å². The molecule has 0 amide bonds. The van der Waals surface area contributed by atoms with Crippen LogP contribution in [0.15, 0.2) is 35.2 Å². The van der Waals surface area contributed by atoms with Crippen LogP contribution in [0.3, 0.4) is 0 Å². The lowest BCUT2D eigenvalue weighted by Crippen LogP contribution is -2.16. The molecule has 2 rings (SSSR count). The molecule has 0 saturated carbocycles. The van der Waals surface area contributed by atoms with Crippen LogP contribution in [0.5, 0.6) is 0 Å². The Morgan fingerprint density at radius 1 is 0.905 bits per heavy atom. The monoisotopic (exact) mass is 311 g/mol. The summed E-state index contributed by atoms with van der Waals surface area (Å²) in [5.74, 6) is -0.993. The van der Waals surface area contributed by atoms with Crippen molar-refractivity contribution in [2.24, 2.45) is 0 Å². The van der Waals surface area contributed by atoms with E-state index in [1.165, 1.54) is 26.0 Å². The fraction of sp³-hybridized carbons (Fsp3) is 0.200. The van der Waals surface area contributed by atoms with Gasteiger partial charge in [-0.1, -0.05) is 6.07 Å². The van der Waals surface area contributed by atoms with Crippen LogP contribution in [-0.4, -0.2) is 8.42 Å². The van der Waals surface area contributed by atoms with Gasteiger partial charge in [0.15, 0.2) is 0 Å². The second-order valence-electron chi connectivity index (χ2n) is 4.94. The van der Waals surface area contributed by atoms with E-state index in [0.29, 0.717) is 16.7 Å². The van der Waals surface area contributed by atoms with Crippen LogP contribution in [0.25, 0.3) is 0 Å². The normalized spacial score (nSPS) is 11.5. The van der Waals surface area contributed by atoms with Crippen LogP contribution in [0.1, 0.15) is 16.7 Å². The summed E-state index contributed by atoms with van der Waals surface area (Å²) in [6.45, 7) is 4.61. The van der Waals surface area contributed by atoms with Crippen LogP contribution >= 0.6 is 0 Å².